The third kappa shape index (κ3) is 3.46. The Morgan fingerprint density at radius 2 is 2.05 bits per heavy atom. The number of hydrogen-bond acceptors (Lipinski definition) is 2. The van der Waals surface area contributed by atoms with E-state index in [0.29, 0.717) is 5.76 Å². The van der Waals surface area contributed by atoms with E-state index in [2.05, 4.69) is 21.2 Å². The summed E-state index contributed by atoms with van der Waals surface area (Å²) in [6.07, 6.45) is 3.13. The number of carbonyl (C=O) groups excluding carboxylic acids is 1. The van der Waals surface area contributed by atoms with Crippen LogP contribution >= 0.6 is 15.9 Å². The van der Waals surface area contributed by atoms with Crippen LogP contribution in [0.4, 0.5) is 5.69 Å². The molecule has 1 N–H and O–H groups in total. The zero-order valence-electron chi connectivity index (χ0n) is 12.0. The summed E-state index contributed by atoms with van der Waals surface area (Å²) in [4.78, 5) is 11.9. The summed E-state index contributed by atoms with van der Waals surface area (Å²) >= 11 is 3.42. The Bertz CT molecular complexity index is 864. The van der Waals surface area contributed by atoms with E-state index in [1.165, 1.54) is 6.08 Å². The molecule has 0 unspecified atom stereocenters. The van der Waals surface area contributed by atoms with Gasteiger partial charge in [0.15, 0.2) is 0 Å². The first-order chi connectivity index (χ1) is 10.6. The number of anilines is 1. The Morgan fingerprint density at radius 1 is 1.18 bits per heavy atom. The number of benzene rings is 2. The van der Waals surface area contributed by atoms with Crippen LogP contribution in [0.2, 0.25) is 0 Å². The van der Waals surface area contributed by atoms with Gasteiger partial charge in [0.2, 0.25) is 5.91 Å². The molecule has 4 heteroatoms. The fraction of sp³-hybridized carbons (Fsp3) is 0.0556. The molecule has 110 valence electrons. The first-order valence-corrected chi connectivity index (χ1v) is 7.64. The molecule has 0 saturated heterocycles. The Morgan fingerprint density at radius 3 is 2.86 bits per heavy atom. The molecule has 3 rings (SSSR count). The highest BCUT2D eigenvalue weighted by molar-refractivity contribution is 9.10. The Kier molecular flexibility index (Phi) is 4.11. The van der Waals surface area contributed by atoms with Crippen LogP contribution in [-0.4, -0.2) is 5.91 Å². The van der Waals surface area contributed by atoms with Gasteiger partial charge < -0.3 is 9.73 Å². The number of halogens is 1. The van der Waals surface area contributed by atoms with Gasteiger partial charge in [0, 0.05) is 21.6 Å². The van der Waals surface area contributed by atoms with E-state index in [0.717, 1.165) is 26.7 Å². The van der Waals surface area contributed by atoms with Gasteiger partial charge in [0.05, 0.1) is 0 Å². The highest BCUT2D eigenvalue weighted by Gasteiger charge is 2.03. The summed E-state index contributed by atoms with van der Waals surface area (Å²) in [6.45, 7) is 1.98. The molecule has 0 aliphatic heterocycles. The molecule has 0 aliphatic carbocycles. The maximum Gasteiger partial charge on any atom is 0.248 e. The lowest BCUT2D eigenvalue weighted by atomic mass is 10.2. The minimum absolute atomic E-state index is 0.188. The van der Waals surface area contributed by atoms with Crippen LogP contribution in [0.1, 0.15) is 11.3 Å². The molecule has 1 heterocycles. The molecule has 0 bridgehead atoms. The summed E-state index contributed by atoms with van der Waals surface area (Å²) in [6, 6.07) is 15.4. The van der Waals surface area contributed by atoms with Gasteiger partial charge in [0.25, 0.3) is 0 Å². The van der Waals surface area contributed by atoms with Gasteiger partial charge in [-0.1, -0.05) is 28.1 Å². The second kappa shape index (κ2) is 6.20. The molecule has 0 atom stereocenters. The van der Waals surface area contributed by atoms with Crippen LogP contribution in [0.3, 0.4) is 0 Å². The third-order valence-electron chi connectivity index (χ3n) is 3.18. The molecule has 0 spiro atoms. The van der Waals surface area contributed by atoms with Crippen molar-refractivity contribution in [3.05, 3.63) is 70.4 Å². The van der Waals surface area contributed by atoms with E-state index in [1.807, 2.05) is 55.5 Å². The second-order valence-electron chi connectivity index (χ2n) is 5.02. The van der Waals surface area contributed by atoms with E-state index < -0.39 is 0 Å². The van der Waals surface area contributed by atoms with Crippen molar-refractivity contribution in [1.29, 1.82) is 0 Å². The number of aryl methyl sites for hydroxylation is 1. The number of fused-ring (bicyclic) bond motifs is 1. The highest BCUT2D eigenvalue weighted by atomic mass is 79.9. The van der Waals surface area contributed by atoms with Crippen molar-refractivity contribution >= 4 is 44.6 Å². The zero-order valence-corrected chi connectivity index (χ0v) is 13.6. The van der Waals surface area contributed by atoms with Crippen LogP contribution in [0.15, 0.2) is 63.5 Å². The monoisotopic (exact) mass is 355 g/mol. The van der Waals surface area contributed by atoms with Gasteiger partial charge in [-0.05, 0) is 55.0 Å². The summed E-state index contributed by atoms with van der Waals surface area (Å²) in [5.74, 6) is 0.458. The molecule has 3 aromatic rings. The molecule has 3 nitrogen and oxygen atoms in total. The number of nitrogens with one attached hydrogen (secondary N) is 1. The van der Waals surface area contributed by atoms with Gasteiger partial charge in [-0.3, -0.25) is 4.79 Å². The topological polar surface area (TPSA) is 42.2 Å². The van der Waals surface area contributed by atoms with E-state index >= 15 is 0 Å². The maximum atomic E-state index is 11.9. The highest BCUT2D eigenvalue weighted by Crippen LogP contribution is 2.24. The van der Waals surface area contributed by atoms with Crippen molar-refractivity contribution in [2.24, 2.45) is 0 Å². The van der Waals surface area contributed by atoms with Crippen LogP contribution in [0.25, 0.3) is 17.0 Å². The lowest BCUT2D eigenvalue weighted by Gasteiger charge is -2.02. The Labute approximate surface area is 136 Å². The average Bonchev–Trinajstić information content (AvgIpc) is 2.87. The van der Waals surface area contributed by atoms with Crippen molar-refractivity contribution in [3.8, 4) is 0 Å². The number of carbonyl (C=O) groups is 1. The van der Waals surface area contributed by atoms with Crippen molar-refractivity contribution in [3.63, 3.8) is 0 Å². The molecule has 1 amide bonds. The van der Waals surface area contributed by atoms with E-state index in [1.54, 1.807) is 6.08 Å². The average molecular weight is 356 g/mol. The molecule has 0 radical (unpaired) electrons. The van der Waals surface area contributed by atoms with Gasteiger partial charge >= 0.3 is 0 Å². The molecule has 0 fully saturated rings. The SMILES string of the molecule is Cc1cccc(NC(=O)/C=C/c2cc3cc(Br)ccc3o2)c1. The minimum Gasteiger partial charge on any atom is -0.457 e. The lowest BCUT2D eigenvalue weighted by Crippen LogP contribution is -2.07. The number of amides is 1. The second-order valence-corrected chi connectivity index (χ2v) is 5.94. The molecular formula is C18H14BrNO2. The first kappa shape index (κ1) is 14.6. The van der Waals surface area contributed by atoms with Crippen molar-refractivity contribution in [2.45, 2.75) is 6.92 Å². The summed E-state index contributed by atoms with van der Waals surface area (Å²) in [7, 11) is 0. The molecule has 0 aliphatic rings. The number of furan rings is 1. The number of hydrogen-bond donors (Lipinski definition) is 1. The van der Waals surface area contributed by atoms with Crippen LogP contribution in [0, 0.1) is 6.92 Å². The van der Waals surface area contributed by atoms with Gasteiger partial charge in [-0.2, -0.15) is 0 Å². The smallest absolute Gasteiger partial charge is 0.248 e. The van der Waals surface area contributed by atoms with Gasteiger partial charge in [-0.25, -0.2) is 0 Å². The third-order valence-corrected chi connectivity index (χ3v) is 3.68. The minimum atomic E-state index is -0.188. The number of rotatable bonds is 3. The quantitative estimate of drug-likeness (QED) is 0.659. The van der Waals surface area contributed by atoms with Crippen LogP contribution in [-0.2, 0) is 4.79 Å². The van der Waals surface area contributed by atoms with Crippen molar-refractivity contribution in [1.82, 2.24) is 0 Å². The summed E-state index contributed by atoms with van der Waals surface area (Å²) in [5, 5.41) is 3.81. The molecule has 22 heavy (non-hydrogen) atoms. The first-order valence-electron chi connectivity index (χ1n) is 6.85. The standard InChI is InChI=1S/C18H14BrNO2/c1-12-3-2-4-15(9-12)20-18(21)8-6-16-11-13-10-14(19)5-7-17(13)22-16/h2-11H,1H3,(H,20,21)/b8-6+. The van der Waals surface area contributed by atoms with E-state index in [4.69, 9.17) is 4.42 Å². The molecule has 1 aromatic heterocycles. The van der Waals surface area contributed by atoms with E-state index in [-0.39, 0.29) is 5.91 Å². The van der Waals surface area contributed by atoms with E-state index in [9.17, 15) is 4.79 Å². The maximum absolute atomic E-state index is 11.9. The molecule has 0 saturated carbocycles. The van der Waals surface area contributed by atoms with Crippen LogP contribution in [0.5, 0.6) is 0 Å². The predicted molar refractivity (Wildman–Crippen MR) is 92.8 cm³/mol. The zero-order chi connectivity index (χ0) is 15.5. The van der Waals surface area contributed by atoms with Crippen molar-refractivity contribution < 1.29 is 9.21 Å². The summed E-state index contributed by atoms with van der Waals surface area (Å²) in [5.41, 5.74) is 2.68. The Balaban J connectivity index is 1.73. The lowest BCUT2D eigenvalue weighted by molar-refractivity contribution is -0.111. The van der Waals surface area contributed by atoms with Gasteiger partial charge in [-0.15, -0.1) is 0 Å². The van der Waals surface area contributed by atoms with Gasteiger partial charge in [0.1, 0.15) is 11.3 Å². The molecular weight excluding hydrogens is 342 g/mol. The van der Waals surface area contributed by atoms with Crippen molar-refractivity contribution in [2.75, 3.05) is 5.32 Å². The predicted octanol–water partition coefficient (Wildman–Crippen LogP) is 5.16. The molecule has 2 aromatic carbocycles. The fourth-order valence-corrected chi connectivity index (χ4v) is 2.56. The largest absolute Gasteiger partial charge is 0.457 e. The Hall–Kier alpha value is -2.33. The summed E-state index contributed by atoms with van der Waals surface area (Å²) < 4.78 is 6.65. The normalized spacial score (nSPS) is 11.2. The fourth-order valence-electron chi connectivity index (χ4n) is 2.18. The van der Waals surface area contributed by atoms with Crippen LogP contribution < -0.4 is 5.32 Å².